The summed E-state index contributed by atoms with van der Waals surface area (Å²) in [5, 5.41) is 0. The highest BCUT2D eigenvalue weighted by atomic mass is 16.5. The molecule has 160 valence electrons. The third-order valence-electron chi connectivity index (χ3n) is 7.00. The average Bonchev–Trinajstić information content (AvgIpc) is 3.47. The minimum Gasteiger partial charge on any atom is -0.378 e. The Morgan fingerprint density at radius 2 is 1.90 bits per heavy atom. The van der Waals surface area contributed by atoms with Gasteiger partial charge in [-0.15, -0.1) is 0 Å². The van der Waals surface area contributed by atoms with E-state index in [9.17, 15) is 0 Å². The third kappa shape index (κ3) is 3.53. The zero-order valence-corrected chi connectivity index (χ0v) is 18.0. The van der Waals surface area contributed by atoms with Crippen LogP contribution in [0.1, 0.15) is 43.2 Å². The van der Waals surface area contributed by atoms with Crippen molar-refractivity contribution >= 4 is 23.2 Å². The van der Waals surface area contributed by atoms with Gasteiger partial charge in [0.05, 0.1) is 19.5 Å². The van der Waals surface area contributed by atoms with Crippen molar-refractivity contribution in [3.63, 3.8) is 0 Å². The number of fused-ring (bicyclic) bond motifs is 2. The summed E-state index contributed by atoms with van der Waals surface area (Å²) in [7, 11) is 0. The lowest BCUT2D eigenvalue weighted by atomic mass is 9.89. The molecule has 3 aliphatic rings. The Labute approximate surface area is 183 Å². The van der Waals surface area contributed by atoms with Gasteiger partial charge in [-0.25, -0.2) is 9.97 Å². The van der Waals surface area contributed by atoms with Crippen molar-refractivity contribution in [2.75, 3.05) is 31.2 Å². The fourth-order valence-corrected chi connectivity index (χ4v) is 5.30. The SMILES string of the molecule is C1=Cc2c(cccc2-c2nc(N3CCOCC3)nc3c2ncn3CC2CCCCC2)C1. The van der Waals surface area contributed by atoms with E-state index in [2.05, 4.69) is 39.8 Å². The molecule has 3 heterocycles. The second-order valence-electron chi connectivity index (χ2n) is 9.03. The van der Waals surface area contributed by atoms with Crippen LogP contribution in [0.25, 0.3) is 28.5 Å². The van der Waals surface area contributed by atoms with Crippen molar-refractivity contribution < 1.29 is 4.74 Å². The molecule has 0 radical (unpaired) electrons. The zero-order chi connectivity index (χ0) is 20.6. The maximum atomic E-state index is 5.57. The van der Waals surface area contributed by atoms with Crippen LogP contribution in [-0.4, -0.2) is 45.8 Å². The van der Waals surface area contributed by atoms with Gasteiger partial charge in [0, 0.05) is 25.2 Å². The monoisotopic (exact) mass is 415 g/mol. The number of nitrogens with zero attached hydrogens (tertiary/aromatic N) is 5. The first-order chi connectivity index (χ1) is 15.4. The van der Waals surface area contributed by atoms with E-state index >= 15 is 0 Å². The molecule has 1 aliphatic heterocycles. The van der Waals surface area contributed by atoms with E-state index in [0.29, 0.717) is 0 Å². The Balaban J connectivity index is 1.48. The Morgan fingerprint density at radius 3 is 2.77 bits per heavy atom. The number of anilines is 1. The molecule has 0 spiro atoms. The molecule has 6 heteroatoms. The van der Waals surface area contributed by atoms with Crippen LogP contribution in [0, 0.1) is 5.92 Å². The number of allylic oxidation sites excluding steroid dienone is 1. The van der Waals surface area contributed by atoms with E-state index in [4.69, 9.17) is 19.7 Å². The molecule has 1 aromatic carbocycles. The van der Waals surface area contributed by atoms with E-state index in [-0.39, 0.29) is 0 Å². The van der Waals surface area contributed by atoms with Crippen LogP contribution >= 0.6 is 0 Å². The van der Waals surface area contributed by atoms with Crippen molar-refractivity contribution in [3.05, 3.63) is 41.7 Å². The topological polar surface area (TPSA) is 56.1 Å². The van der Waals surface area contributed by atoms with E-state index in [1.807, 2.05) is 6.33 Å². The number of hydrogen-bond acceptors (Lipinski definition) is 5. The van der Waals surface area contributed by atoms with Crippen LogP contribution in [0.4, 0.5) is 5.95 Å². The highest BCUT2D eigenvalue weighted by Gasteiger charge is 2.23. The van der Waals surface area contributed by atoms with E-state index < -0.39 is 0 Å². The lowest BCUT2D eigenvalue weighted by molar-refractivity contribution is 0.122. The van der Waals surface area contributed by atoms with Crippen molar-refractivity contribution in [2.24, 2.45) is 5.92 Å². The molecule has 0 N–H and O–H groups in total. The van der Waals surface area contributed by atoms with Crippen molar-refractivity contribution in [2.45, 2.75) is 45.1 Å². The summed E-state index contributed by atoms with van der Waals surface area (Å²) in [6.07, 6.45) is 14.1. The number of ether oxygens (including phenoxy) is 1. The first-order valence-corrected chi connectivity index (χ1v) is 11.7. The lowest BCUT2D eigenvalue weighted by Gasteiger charge is -2.27. The van der Waals surface area contributed by atoms with E-state index in [1.165, 1.54) is 43.2 Å². The standard InChI is InChI=1S/C25H29N5O/c1-2-6-18(7-3-1)16-30-17-26-23-22(21-11-5-9-19-8-4-10-20(19)21)27-25(28-24(23)30)29-12-14-31-15-13-29/h4-5,9-11,17-18H,1-3,6-8,12-16H2. The normalized spacial score (nSPS) is 19.3. The van der Waals surface area contributed by atoms with E-state index in [1.54, 1.807) is 0 Å². The molecule has 1 saturated heterocycles. The Kier molecular flexibility index (Phi) is 4.95. The fourth-order valence-electron chi connectivity index (χ4n) is 5.30. The predicted octanol–water partition coefficient (Wildman–Crippen LogP) is 4.48. The maximum Gasteiger partial charge on any atom is 0.228 e. The van der Waals surface area contributed by atoms with Crippen LogP contribution in [0.5, 0.6) is 0 Å². The van der Waals surface area contributed by atoms with Gasteiger partial charge >= 0.3 is 0 Å². The molecule has 0 bridgehead atoms. The maximum absolute atomic E-state index is 5.57. The molecular weight excluding hydrogens is 386 g/mol. The van der Waals surface area contributed by atoms with Crippen LogP contribution < -0.4 is 4.90 Å². The summed E-state index contributed by atoms with van der Waals surface area (Å²) in [6, 6.07) is 6.53. The van der Waals surface area contributed by atoms with Crippen molar-refractivity contribution in [3.8, 4) is 11.3 Å². The van der Waals surface area contributed by atoms with Crippen molar-refractivity contribution in [1.82, 2.24) is 19.5 Å². The van der Waals surface area contributed by atoms with Gasteiger partial charge < -0.3 is 14.2 Å². The molecule has 1 saturated carbocycles. The first kappa shape index (κ1) is 19.0. The molecule has 2 aromatic heterocycles. The molecule has 3 aromatic rings. The van der Waals surface area contributed by atoms with Crippen LogP contribution in [-0.2, 0) is 17.7 Å². The van der Waals surface area contributed by atoms with Crippen LogP contribution in [0.3, 0.4) is 0 Å². The van der Waals surface area contributed by atoms with Crippen molar-refractivity contribution in [1.29, 1.82) is 0 Å². The molecule has 6 rings (SSSR count). The van der Waals surface area contributed by atoms with Gasteiger partial charge in [-0.3, -0.25) is 0 Å². The Morgan fingerprint density at radius 1 is 1.03 bits per heavy atom. The predicted molar refractivity (Wildman–Crippen MR) is 123 cm³/mol. The second-order valence-corrected chi connectivity index (χ2v) is 9.03. The van der Waals surface area contributed by atoms with Gasteiger partial charge in [0.2, 0.25) is 5.95 Å². The van der Waals surface area contributed by atoms with E-state index in [0.717, 1.165) is 73.6 Å². The first-order valence-electron chi connectivity index (χ1n) is 11.7. The Hall–Kier alpha value is -2.73. The quantitative estimate of drug-likeness (QED) is 0.629. The molecular formula is C25H29N5O. The number of imidazole rings is 1. The molecule has 0 amide bonds. The highest BCUT2D eigenvalue weighted by Crippen LogP contribution is 2.35. The van der Waals surface area contributed by atoms with Gasteiger partial charge in [-0.2, -0.15) is 4.98 Å². The minimum absolute atomic E-state index is 0.723. The lowest BCUT2D eigenvalue weighted by Crippen LogP contribution is -2.37. The van der Waals surface area contributed by atoms with Gasteiger partial charge in [0.1, 0.15) is 11.2 Å². The summed E-state index contributed by atoms with van der Waals surface area (Å²) in [6.45, 7) is 4.11. The molecule has 0 unspecified atom stereocenters. The summed E-state index contributed by atoms with van der Waals surface area (Å²) in [5.74, 6) is 1.52. The van der Waals surface area contributed by atoms with Crippen LogP contribution in [0.15, 0.2) is 30.6 Å². The number of rotatable bonds is 4. The summed E-state index contributed by atoms with van der Waals surface area (Å²) in [4.78, 5) is 17.2. The van der Waals surface area contributed by atoms with Gasteiger partial charge in [-0.05, 0) is 36.3 Å². The fraction of sp³-hybridized carbons (Fsp3) is 0.480. The number of morpholine rings is 1. The smallest absolute Gasteiger partial charge is 0.228 e. The highest BCUT2D eigenvalue weighted by molar-refractivity contribution is 5.92. The zero-order valence-electron chi connectivity index (χ0n) is 18.0. The largest absolute Gasteiger partial charge is 0.378 e. The van der Waals surface area contributed by atoms with Gasteiger partial charge in [-0.1, -0.05) is 49.6 Å². The third-order valence-corrected chi connectivity index (χ3v) is 7.00. The Bertz CT molecular complexity index is 1120. The number of aromatic nitrogens is 4. The van der Waals surface area contributed by atoms with Crippen LogP contribution in [0.2, 0.25) is 0 Å². The summed E-state index contributed by atoms with van der Waals surface area (Å²) >= 11 is 0. The molecule has 0 atom stereocenters. The molecule has 31 heavy (non-hydrogen) atoms. The molecule has 6 nitrogen and oxygen atoms in total. The summed E-state index contributed by atoms with van der Waals surface area (Å²) in [5.41, 5.74) is 6.64. The molecule has 2 fully saturated rings. The van der Waals surface area contributed by atoms with Gasteiger partial charge in [0.15, 0.2) is 5.65 Å². The number of benzene rings is 1. The second kappa shape index (κ2) is 8.08. The number of hydrogen-bond donors (Lipinski definition) is 0. The molecule has 2 aliphatic carbocycles. The van der Waals surface area contributed by atoms with Gasteiger partial charge in [0.25, 0.3) is 0 Å². The average molecular weight is 416 g/mol. The summed E-state index contributed by atoms with van der Waals surface area (Å²) < 4.78 is 7.85. The minimum atomic E-state index is 0.723.